The van der Waals surface area contributed by atoms with E-state index in [0.29, 0.717) is 16.5 Å². The number of carboxylic acid groups (broad SMARTS) is 1. The van der Waals surface area contributed by atoms with Crippen molar-refractivity contribution in [3.8, 4) is 11.4 Å². The predicted octanol–water partition coefficient (Wildman–Crippen LogP) is 6.95. The third kappa shape index (κ3) is 6.72. The molecule has 8 heteroatoms. The zero-order valence-corrected chi connectivity index (χ0v) is 19.3. The molecule has 0 saturated heterocycles. The number of rotatable bonds is 5. The van der Waals surface area contributed by atoms with Gasteiger partial charge < -0.3 is 10.4 Å². The van der Waals surface area contributed by atoms with Crippen LogP contribution in [-0.4, -0.2) is 26.0 Å². The molecule has 0 aliphatic carbocycles. The second kappa shape index (κ2) is 12.6. The number of hydrogen-bond acceptors (Lipinski definition) is 5. The smallest absolute Gasteiger partial charge is 0.339 e. The molecule has 0 aliphatic rings. The zero-order chi connectivity index (χ0) is 23.6. The lowest BCUT2D eigenvalue weighted by atomic mass is 10.1. The highest BCUT2D eigenvalue weighted by Crippen LogP contribution is 2.30. The number of carbonyl (C=O) groups is 1. The van der Waals surface area contributed by atoms with Crippen LogP contribution in [0.5, 0.6) is 0 Å². The van der Waals surface area contributed by atoms with Gasteiger partial charge in [-0.1, -0.05) is 53.1 Å². The summed E-state index contributed by atoms with van der Waals surface area (Å²) in [5, 5.41) is 12.7. The molecule has 0 atom stereocenters. The van der Waals surface area contributed by atoms with E-state index in [4.69, 9.17) is 11.6 Å². The summed E-state index contributed by atoms with van der Waals surface area (Å²) in [5.74, 6) is -1.03. The summed E-state index contributed by atoms with van der Waals surface area (Å²) >= 11 is 5.96. The van der Waals surface area contributed by atoms with Gasteiger partial charge in [-0.25, -0.2) is 19.2 Å². The molecule has 0 bridgehead atoms. The first kappa shape index (κ1) is 26.0. The summed E-state index contributed by atoms with van der Waals surface area (Å²) in [6.45, 7) is 11.9. The average molecular weight is 447 g/mol. The highest BCUT2D eigenvalue weighted by molar-refractivity contribution is 6.30. The average Bonchev–Trinajstić information content (AvgIpc) is 2.78. The number of carboxylic acids is 1. The fraction of sp³-hybridized carbons (Fsp3) is 0.304. The third-order valence-electron chi connectivity index (χ3n) is 3.91. The lowest BCUT2D eigenvalue weighted by Gasteiger charge is -2.16. The van der Waals surface area contributed by atoms with Crippen LogP contribution in [0.2, 0.25) is 5.02 Å². The van der Waals surface area contributed by atoms with E-state index < -0.39 is 11.8 Å². The molecule has 0 amide bonds. The first-order valence-electron chi connectivity index (χ1n) is 10.1. The van der Waals surface area contributed by atoms with E-state index in [0.717, 1.165) is 5.56 Å². The summed E-state index contributed by atoms with van der Waals surface area (Å²) in [4.78, 5) is 23.9. The minimum atomic E-state index is -1.12. The van der Waals surface area contributed by atoms with Gasteiger partial charge in [-0.3, -0.25) is 4.98 Å². The standard InChI is InChI=1S/C19H16ClFN4O2.2C2H6/c1-10(2)13-9-23-17(12-7-11(20)3-4-15(12)21)25-18(13)24-16-5-6-22-8-14(16)19(26)27;2*1-2/h3-10H,1-2H3,(H,26,27)(H,22,23,24,25);2*1-2H3. The maximum atomic E-state index is 14.2. The number of halogens is 2. The van der Waals surface area contributed by atoms with E-state index in [1.165, 1.54) is 36.7 Å². The van der Waals surface area contributed by atoms with E-state index in [2.05, 4.69) is 20.3 Å². The first-order chi connectivity index (χ1) is 14.9. The number of nitrogens with zero attached hydrogens (tertiary/aromatic N) is 3. The second-order valence-electron chi connectivity index (χ2n) is 6.13. The van der Waals surface area contributed by atoms with Crippen LogP contribution in [0, 0.1) is 5.82 Å². The van der Waals surface area contributed by atoms with Gasteiger partial charge in [-0.15, -0.1) is 0 Å². The van der Waals surface area contributed by atoms with Gasteiger partial charge in [0.2, 0.25) is 0 Å². The Morgan fingerprint density at radius 3 is 2.42 bits per heavy atom. The molecule has 0 fully saturated rings. The molecule has 31 heavy (non-hydrogen) atoms. The van der Waals surface area contributed by atoms with Crippen LogP contribution in [0.15, 0.2) is 42.9 Å². The van der Waals surface area contributed by atoms with Gasteiger partial charge in [0.05, 0.1) is 11.3 Å². The Bertz CT molecular complexity index is 1010. The molecule has 166 valence electrons. The Labute approximate surface area is 187 Å². The summed E-state index contributed by atoms with van der Waals surface area (Å²) in [6.07, 6.45) is 4.32. The van der Waals surface area contributed by atoms with Gasteiger partial charge in [-0.05, 0) is 30.2 Å². The van der Waals surface area contributed by atoms with Crippen molar-refractivity contribution in [3.05, 3.63) is 64.8 Å². The minimum Gasteiger partial charge on any atom is -0.478 e. The molecule has 3 rings (SSSR count). The van der Waals surface area contributed by atoms with E-state index in [1.807, 2.05) is 41.5 Å². The molecule has 1 aromatic carbocycles. The largest absolute Gasteiger partial charge is 0.478 e. The Morgan fingerprint density at radius 1 is 1.13 bits per heavy atom. The number of aromatic nitrogens is 3. The Hall–Kier alpha value is -3.06. The molecule has 0 spiro atoms. The topological polar surface area (TPSA) is 88.0 Å². The van der Waals surface area contributed by atoms with Crippen LogP contribution in [0.3, 0.4) is 0 Å². The fourth-order valence-electron chi connectivity index (χ4n) is 2.51. The minimum absolute atomic E-state index is 0.00121. The van der Waals surface area contributed by atoms with Crippen LogP contribution < -0.4 is 5.32 Å². The third-order valence-corrected chi connectivity index (χ3v) is 4.15. The first-order valence-corrected chi connectivity index (χ1v) is 10.5. The molecule has 2 N–H and O–H groups in total. The number of benzene rings is 1. The van der Waals surface area contributed by atoms with Crippen molar-refractivity contribution >= 4 is 29.1 Å². The second-order valence-corrected chi connectivity index (χ2v) is 6.56. The summed E-state index contributed by atoms with van der Waals surface area (Å²) in [6, 6.07) is 5.67. The van der Waals surface area contributed by atoms with Gasteiger partial charge in [0, 0.05) is 29.2 Å². The van der Waals surface area contributed by atoms with Crippen molar-refractivity contribution in [1.82, 2.24) is 15.0 Å². The van der Waals surface area contributed by atoms with Crippen molar-refractivity contribution in [2.75, 3.05) is 5.32 Å². The Morgan fingerprint density at radius 2 is 1.81 bits per heavy atom. The van der Waals surface area contributed by atoms with Gasteiger partial charge in [0.15, 0.2) is 5.82 Å². The van der Waals surface area contributed by atoms with Crippen molar-refractivity contribution in [2.24, 2.45) is 0 Å². The molecule has 0 saturated carbocycles. The molecule has 0 radical (unpaired) electrons. The Balaban J connectivity index is 0.00000113. The number of nitrogens with one attached hydrogen (secondary N) is 1. The van der Waals surface area contributed by atoms with Gasteiger partial charge >= 0.3 is 5.97 Å². The molecule has 6 nitrogen and oxygen atoms in total. The van der Waals surface area contributed by atoms with Crippen molar-refractivity contribution in [2.45, 2.75) is 47.5 Å². The molecular formula is C23H28ClFN4O2. The molecule has 0 unspecified atom stereocenters. The van der Waals surface area contributed by atoms with E-state index in [9.17, 15) is 14.3 Å². The number of hydrogen-bond donors (Lipinski definition) is 2. The number of aromatic carboxylic acids is 1. The van der Waals surface area contributed by atoms with E-state index in [-0.39, 0.29) is 22.9 Å². The van der Waals surface area contributed by atoms with E-state index in [1.54, 1.807) is 6.20 Å². The summed E-state index contributed by atoms with van der Waals surface area (Å²) < 4.78 is 14.2. The van der Waals surface area contributed by atoms with E-state index >= 15 is 0 Å². The SMILES string of the molecule is CC.CC.CC(C)c1cnc(-c2cc(Cl)ccc2F)nc1Nc1ccncc1C(=O)O. The molecule has 2 heterocycles. The van der Waals surface area contributed by atoms with Crippen LogP contribution in [0.4, 0.5) is 15.9 Å². The lowest BCUT2D eigenvalue weighted by molar-refractivity contribution is 0.0697. The van der Waals surface area contributed by atoms with Crippen LogP contribution in [-0.2, 0) is 0 Å². The maximum Gasteiger partial charge on any atom is 0.339 e. The number of anilines is 2. The van der Waals surface area contributed by atoms with Crippen LogP contribution in [0.25, 0.3) is 11.4 Å². The Kier molecular flexibility index (Phi) is 10.6. The summed E-state index contributed by atoms with van der Waals surface area (Å²) in [7, 11) is 0. The van der Waals surface area contributed by atoms with Gasteiger partial charge in [0.25, 0.3) is 0 Å². The molecular weight excluding hydrogens is 419 g/mol. The maximum absolute atomic E-state index is 14.2. The number of pyridine rings is 1. The predicted molar refractivity (Wildman–Crippen MR) is 124 cm³/mol. The van der Waals surface area contributed by atoms with Crippen molar-refractivity contribution in [1.29, 1.82) is 0 Å². The normalized spacial score (nSPS) is 9.84. The van der Waals surface area contributed by atoms with Crippen molar-refractivity contribution in [3.63, 3.8) is 0 Å². The van der Waals surface area contributed by atoms with Gasteiger partial charge in [0.1, 0.15) is 17.2 Å². The van der Waals surface area contributed by atoms with Crippen LogP contribution in [0.1, 0.15) is 63.4 Å². The highest BCUT2D eigenvalue weighted by Gasteiger charge is 2.17. The quantitative estimate of drug-likeness (QED) is 0.440. The summed E-state index contributed by atoms with van der Waals surface area (Å²) in [5.41, 5.74) is 1.25. The molecule has 3 aromatic rings. The lowest BCUT2D eigenvalue weighted by Crippen LogP contribution is -2.08. The van der Waals surface area contributed by atoms with Gasteiger partial charge in [-0.2, -0.15) is 0 Å². The molecule has 0 aliphatic heterocycles. The monoisotopic (exact) mass is 446 g/mol. The molecule has 2 aromatic heterocycles. The van der Waals surface area contributed by atoms with Crippen molar-refractivity contribution < 1.29 is 14.3 Å². The highest BCUT2D eigenvalue weighted by atomic mass is 35.5. The fourth-order valence-corrected chi connectivity index (χ4v) is 2.69. The zero-order valence-electron chi connectivity index (χ0n) is 18.6. The van der Waals surface area contributed by atoms with Crippen LogP contribution >= 0.6 is 11.6 Å².